The van der Waals surface area contributed by atoms with Gasteiger partial charge < -0.3 is 9.88 Å². The number of aromatic nitrogens is 1. The zero-order valence-corrected chi connectivity index (χ0v) is 17.6. The maximum absolute atomic E-state index is 13.1. The first kappa shape index (κ1) is 20.4. The smallest absolute Gasteiger partial charge is 0.240 e. The number of sulfone groups is 1. The predicted octanol–water partition coefficient (Wildman–Crippen LogP) is 4.18. The Morgan fingerprint density at radius 1 is 1.07 bits per heavy atom. The standard InChI is InChI=1S/C21H23ClN2O3S/c1-21(2,3)23-20(25)13-24-12-19(17-6-4-5-7-18(17)24)28(26,27)14-15-8-10-16(22)11-9-15/h4-12H,13-14H2,1-3H3,(H,23,25). The molecule has 0 spiro atoms. The van der Waals surface area contributed by atoms with Crippen molar-refractivity contribution in [2.75, 3.05) is 0 Å². The molecule has 0 radical (unpaired) electrons. The molecule has 28 heavy (non-hydrogen) atoms. The third-order valence-electron chi connectivity index (χ3n) is 4.19. The summed E-state index contributed by atoms with van der Waals surface area (Å²) in [5.74, 6) is -0.304. The quantitative estimate of drug-likeness (QED) is 0.675. The zero-order chi connectivity index (χ0) is 20.5. The molecule has 3 rings (SSSR count). The van der Waals surface area contributed by atoms with Crippen LogP contribution in [0.4, 0.5) is 0 Å². The highest BCUT2D eigenvalue weighted by Gasteiger charge is 2.23. The summed E-state index contributed by atoms with van der Waals surface area (Å²) in [4.78, 5) is 12.6. The van der Waals surface area contributed by atoms with E-state index in [-0.39, 0.29) is 28.6 Å². The number of amides is 1. The SMILES string of the molecule is CC(C)(C)NC(=O)Cn1cc(S(=O)(=O)Cc2ccc(Cl)cc2)c2ccccc21. The molecule has 148 valence electrons. The van der Waals surface area contributed by atoms with Gasteiger partial charge in [0.15, 0.2) is 9.84 Å². The fraction of sp³-hybridized carbons (Fsp3) is 0.286. The first-order valence-corrected chi connectivity index (χ1v) is 10.9. The van der Waals surface area contributed by atoms with E-state index in [9.17, 15) is 13.2 Å². The first-order chi connectivity index (χ1) is 13.0. The zero-order valence-electron chi connectivity index (χ0n) is 16.1. The molecule has 3 aromatic rings. The average molecular weight is 419 g/mol. The van der Waals surface area contributed by atoms with Gasteiger partial charge in [-0.2, -0.15) is 0 Å². The van der Waals surface area contributed by atoms with Crippen LogP contribution in [-0.2, 0) is 26.9 Å². The number of nitrogens with one attached hydrogen (secondary N) is 1. The van der Waals surface area contributed by atoms with Crippen LogP contribution in [0.3, 0.4) is 0 Å². The summed E-state index contributed by atoms with van der Waals surface area (Å²) < 4.78 is 27.8. The topological polar surface area (TPSA) is 68.2 Å². The maximum atomic E-state index is 13.1. The second-order valence-electron chi connectivity index (χ2n) is 7.82. The first-order valence-electron chi connectivity index (χ1n) is 8.91. The van der Waals surface area contributed by atoms with E-state index >= 15 is 0 Å². The number of para-hydroxylation sites is 1. The Labute approximate surface area is 170 Å². The van der Waals surface area contributed by atoms with Gasteiger partial charge in [-0.3, -0.25) is 4.79 Å². The molecule has 0 unspecified atom stereocenters. The fourth-order valence-corrected chi connectivity index (χ4v) is 4.79. The van der Waals surface area contributed by atoms with Crippen LogP contribution in [0.1, 0.15) is 26.3 Å². The molecule has 5 nitrogen and oxygen atoms in total. The third kappa shape index (κ3) is 4.75. The van der Waals surface area contributed by atoms with E-state index in [2.05, 4.69) is 5.32 Å². The molecule has 0 atom stereocenters. The number of fused-ring (bicyclic) bond motifs is 1. The van der Waals surface area contributed by atoms with Crippen LogP contribution in [0.2, 0.25) is 5.02 Å². The van der Waals surface area contributed by atoms with Crippen LogP contribution >= 0.6 is 11.6 Å². The number of carbonyl (C=O) groups excluding carboxylic acids is 1. The van der Waals surface area contributed by atoms with Crippen molar-refractivity contribution in [3.8, 4) is 0 Å². The Morgan fingerprint density at radius 2 is 1.71 bits per heavy atom. The van der Waals surface area contributed by atoms with Gasteiger partial charge >= 0.3 is 0 Å². The molecule has 0 aliphatic heterocycles. The minimum Gasteiger partial charge on any atom is -0.350 e. The highest BCUT2D eigenvalue weighted by molar-refractivity contribution is 7.90. The van der Waals surface area contributed by atoms with E-state index in [1.165, 1.54) is 0 Å². The molecule has 1 heterocycles. The largest absolute Gasteiger partial charge is 0.350 e. The summed E-state index contributed by atoms with van der Waals surface area (Å²) >= 11 is 5.88. The van der Waals surface area contributed by atoms with E-state index in [1.54, 1.807) is 47.2 Å². The van der Waals surface area contributed by atoms with Crippen molar-refractivity contribution in [1.82, 2.24) is 9.88 Å². The number of rotatable bonds is 5. The Kier molecular flexibility index (Phi) is 5.55. The van der Waals surface area contributed by atoms with Crippen LogP contribution in [0, 0.1) is 0 Å². The van der Waals surface area contributed by atoms with Crippen LogP contribution < -0.4 is 5.32 Å². The lowest BCUT2D eigenvalue weighted by atomic mass is 10.1. The summed E-state index contributed by atoms with van der Waals surface area (Å²) in [6, 6.07) is 14.0. The molecular weight excluding hydrogens is 396 g/mol. The molecule has 1 aromatic heterocycles. The molecule has 2 aromatic carbocycles. The Bertz CT molecular complexity index is 1110. The lowest BCUT2D eigenvalue weighted by Gasteiger charge is -2.20. The lowest BCUT2D eigenvalue weighted by molar-refractivity contribution is -0.123. The van der Waals surface area contributed by atoms with Gasteiger partial charge in [-0.05, 0) is 44.5 Å². The Balaban J connectivity index is 1.97. The number of nitrogens with zero attached hydrogens (tertiary/aromatic N) is 1. The fourth-order valence-electron chi connectivity index (χ4n) is 3.08. The van der Waals surface area contributed by atoms with Crippen molar-refractivity contribution in [2.45, 2.75) is 43.5 Å². The third-order valence-corrected chi connectivity index (χ3v) is 6.15. The van der Waals surface area contributed by atoms with Crippen molar-refractivity contribution in [2.24, 2.45) is 0 Å². The van der Waals surface area contributed by atoms with Gasteiger partial charge in [-0.25, -0.2) is 8.42 Å². The molecule has 0 bridgehead atoms. The average Bonchev–Trinajstić information content (AvgIpc) is 2.95. The highest BCUT2D eigenvalue weighted by atomic mass is 35.5. The van der Waals surface area contributed by atoms with Crippen molar-refractivity contribution >= 4 is 38.2 Å². The molecule has 7 heteroatoms. The summed E-state index contributed by atoms with van der Waals surface area (Å²) in [5, 5.41) is 4.07. The molecule has 0 saturated carbocycles. The molecule has 0 aliphatic carbocycles. The van der Waals surface area contributed by atoms with Gasteiger partial charge in [0.25, 0.3) is 0 Å². The molecule has 0 fully saturated rings. The Morgan fingerprint density at radius 3 is 2.36 bits per heavy atom. The second-order valence-corrected chi connectivity index (χ2v) is 10.2. The van der Waals surface area contributed by atoms with E-state index in [4.69, 9.17) is 11.6 Å². The minimum atomic E-state index is -3.60. The molecule has 1 amide bonds. The highest BCUT2D eigenvalue weighted by Crippen LogP contribution is 2.28. The van der Waals surface area contributed by atoms with Crippen LogP contribution in [-0.4, -0.2) is 24.4 Å². The summed E-state index contributed by atoms with van der Waals surface area (Å²) in [6.45, 7) is 5.76. The van der Waals surface area contributed by atoms with Crippen molar-refractivity contribution in [1.29, 1.82) is 0 Å². The van der Waals surface area contributed by atoms with Gasteiger partial charge in [0.2, 0.25) is 5.91 Å². The van der Waals surface area contributed by atoms with Gasteiger partial charge in [-0.1, -0.05) is 41.9 Å². The van der Waals surface area contributed by atoms with E-state index < -0.39 is 9.84 Å². The number of hydrogen-bond donors (Lipinski definition) is 1. The summed E-state index contributed by atoms with van der Waals surface area (Å²) in [5.41, 5.74) is 1.01. The van der Waals surface area contributed by atoms with E-state index in [0.29, 0.717) is 21.5 Å². The number of carbonyl (C=O) groups is 1. The summed E-state index contributed by atoms with van der Waals surface area (Å²) in [6.07, 6.45) is 1.55. The number of halogens is 1. The van der Waals surface area contributed by atoms with Gasteiger partial charge in [0.05, 0.1) is 10.6 Å². The summed E-state index contributed by atoms with van der Waals surface area (Å²) in [7, 11) is -3.60. The second kappa shape index (κ2) is 7.60. The van der Waals surface area contributed by atoms with Crippen molar-refractivity contribution in [3.05, 3.63) is 65.3 Å². The number of benzene rings is 2. The van der Waals surface area contributed by atoms with Gasteiger partial charge in [0, 0.05) is 27.7 Å². The Hall–Kier alpha value is -2.31. The van der Waals surface area contributed by atoms with Crippen LogP contribution in [0.15, 0.2) is 59.6 Å². The predicted molar refractivity (Wildman–Crippen MR) is 112 cm³/mol. The minimum absolute atomic E-state index is 0.0498. The molecule has 1 N–H and O–H groups in total. The van der Waals surface area contributed by atoms with Crippen LogP contribution in [0.25, 0.3) is 10.9 Å². The van der Waals surface area contributed by atoms with Gasteiger partial charge in [-0.15, -0.1) is 0 Å². The molecule has 0 saturated heterocycles. The normalized spacial score (nSPS) is 12.3. The molecular formula is C21H23ClN2O3S. The lowest BCUT2D eigenvalue weighted by Crippen LogP contribution is -2.42. The number of hydrogen-bond acceptors (Lipinski definition) is 3. The molecule has 0 aliphatic rings. The van der Waals surface area contributed by atoms with E-state index in [1.807, 2.05) is 32.9 Å². The van der Waals surface area contributed by atoms with Crippen molar-refractivity contribution in [3.63, 3.8) is 0 Å². The maximum Gasteiger partial charge on any atom is 0.240 e. The monoisotopic (exact) mass is 418 g/mol. The van der Waals surface area contributed by atoms with Crippen molar-refractivity contribution < 1.29 is 13.2 Å². The van der Waals surface area contributed by atoms with E-state index in [0.717, 1.165) is 0 Å². The van der Waals surface area contributed by atoms with Gasteiger partial charge in [0.1, 0.15) is 6.54 Å². The van der Waals surface area contributed by atoms with Crippen LogP contribution in [0.5, 0.6) is 0 Å².